The number of fused-ring (bicyclic) bond motifs is 1. The fourth-order valence-corrected chi connectivity index (χ4v) is 5.02. The molecule has 1 saturated carbocycles. The van der Waals surface area contributed by atoms with Crippen molar-refractivity contribution >= 4 is 5.97 Å². The van der Waals surface area contributed by atoms with E-state index in [1.54, 1.807) is 18.5 Å². The SMILES string of the molecule is CN1CCc2cc(-c3ccccc3C3CC3)ccc2[C@@H]1CCc1cnccc1C(=O)O. The lowest BCUT2D eigenvalue weighted by atomic mass is 9.86. The summed E-state index contributed by atoms with van der Waals surface area (Å²) < 4.78 is 0. The van der Waals surface area contributed by atoms with Gasteiger partial charge in [-0.25, -0.2) is 4.79 Å². The van der Waals surface area contributed by atoms with E-state index in [1.165, 1.54) is 40.7 Å². The van der Waals surface area contributed by atoms with Gasteiger partial charge in [0, 0.05) is 25.0 Å². The minimum atomic E-state index is -0.881. The average molecular weight is 413 g/mol. The molecular weight excluding hydrogens is 384 g/mol. The third kappa shape index (κ3) is 4.00. The number of hydrogen-bond donors (Lipinski definition) is 1. The Balaban J connectivity index is 1.42. The van der Waals surface area contributed by atoms with Crippen LogP contribution in [0, 0.1) is 0 Å². The summed E-state index contributed by atoms with van der Waals surface area (Å²) in [5.41, 5.74) is 8.17. The number of likely N-dealkylation sites (N-methyl/N-ethyl adjacent to an activating group) is 1. The minimum absolute atomic E-state index is 0.290. The summed E-state index contributed by atoms with van der Waals surface area (Å²) in [5, 5.41) is 9.48. The van der Waals surface area contributed by atoms with E-state index in [4.69, 9.17) is 0 Å². The predicted molar refractivity (Wildman–Crippen MR) is 122 cm³/mol. The first-order chi connectivity index (χ1) is 15.1. The number of carboxylic acid groups (broad SMARTS) is 1. The predicted octanol–water partition coefficient (Wildman–Crippen LogP) is 5.49. The molecule has 1 aliphatic heterocycles. The number of pyridine rings is 1. The average Bonchev–Trinajstić information content (AvgIpc) is 3.64. The van der Waals surface area contributed by atoms with Crippen molar-refractivity contribution in [3.8, 4) is 11.1 Å². The van der Waals surface area contributed by atoms with Gasteiger partial charge in [0.05, 0.1) is 5.56 Å². The lowest BCUT2D eigenvalue weighted by molar-refractivity contribution is 0.0695. The van der Waals surface area contributed by atoms with Gasteiger partial charge < -0.3 is 5.11 Å². The third-order valence-corrected chi connectivity index (χ3v) is 6.88. The van der Waals surface area contributed by atoms with Crippen LogP contribution in [0.25, 0.3) is 11.1 Å². The Morgan fingerprint density at radius 2 is 1.97 bits per heavy atom. The van der Waals surface area contributed by atoms with E-state index in [1.807, 2.05) is 0 Å². The summed E-state index contributed by atoms with van der Waals surface area (Å²) in [5.74, 6) is -0.150. The van der Waals surface area contributed by atoms with E-state index in [-0.39, 0.29) is 0 Å². The van der Waals surface area contributed by atoms with Gasteiger partial charge in [-0.2, -0.15) is 0 Å². The van der Waals surface area contributed by atoms with Gasteiger partial charge in [0.25, 0.3) is 0 Å². The van der Waals surface area contributed by atoms with Crippen molar-refractivity contribution in [2.75, 3.05) is 13.6 Å². The highest BCUT2D eigenvalue weighted by Crippen LogP contribution is 2.45. The van der Waals surface area contributed by atoms with Gasteiger partial charge in [-0.05, 0) is 84.5 Å². The molecule has 0 spiro atoms. The summed E-state index contributed by atoms with van der Waals surface area (Å²) in [6.07, 6.45) is 8.50. The number of aromatic carboxylic acids is 1. The van der Waals surface area contributed by atoms with Gasteiger partial charge in [0.15, 0.2) is 0 Å². The Bertz CT molecular complexity index is 1120. The Labute approximate surface area is 183 Å². The quantitative estimate of drug-likeness (QED) is 0.582. The summed E-state index contributed by atoms with van der Waals surface area (Å²) in [7, 11) is 2.17. The van der Waals surface area contributed by atoms with Crippen LogP contribution in [0.1, 0.15) is 63.8 Å². The van der Waals surface area contributed by atoms with Crippen LogP contribution in [-0.2, 0) is 12.8 Å². The topological polar surface area (TPSA) is 53.4 Å². The molecule has 0 bridgehead atoms. The van der Waals surface area contributed by atoms with Crippen LogP contribution in [0.3, 0.4) is 0 Å². The molecule has 0 radical (unpaired) electrons. The zero-order valence-corrected chi connectivity index (χ0v) is 17.9. The standard InChI is InChI=1S/C27H28N2O2/c1-29-15-13-20-16-19(23-5-3-2-4-22(23)18-6-7-18)8-10-24(20)26(29)11-9-21-17-28-14-12-25(21)27(30)31/h2-5,8,10,12,14,16-18,26H,6-7,9,11,13,15H2,1H3,(H,30,31)/t26-/m0/s1. The summed E-state index contributed by atoms with van der Waals surface area (Å²) in [6, 6.07) is 17.7. The number of nitrogens with zero attached hydrogens (tertiary/aromatic N) is 2. The minimum Gasteiger partial charge on any atom is -0.478 e. The van der Waals surface area contributed by atoms with E-state index in [0.717, 1.165) is 30.9 Å². The van der Waals surface area contributed by atoms with Crippen LogP contribution in [0.15, 0.2) is 60.9 Å². The lowest BCUT2D eigenvalue weighted by Crippen LogP contribution is -2.32. The van der Waals surface area contributed by atoms with Crippen molar-refractivity contribution in [1.82, 2.24) is 9.88 Å². The van der Waals surface area contributed by atoms with Gasteiger partial charge in [-0.1, -0.05) is 42.5 Å². The molecule has 1 fully saturated rings. The van der Waals surface area contributed by atoms with Gasteiger partial charge in [0.2, 0.25) is 0 Å². The summed E-state index contributed by atoms with van der Waals surface area (Å²) in [4.78, 5) is 18.1. The van der Waals surface area contributed by atoms with Crippen LogP contribution >= 0.6 is 0 Å². The molecular formula is C27H28N2O2. The van der Waals surface area contributed by atoms with E-state index in [2.05, 4.69) is 59.4 Å². The van der Waals surface area contributed by atoms with Crippen molar-refractivity contribution in [3.63, 3.8) is 0 Å². The molecule has 1 atom stereocenters. The van der Waals surface area contributed by atoms with Crippen molar-refractivity contribution in [2.45, 2.75) is 44.1 Å². The molecule has 4 heteroatoms. The number of aromatic nitrogens is 1. The maximum Gasteiger partial charge on any atom is 0.336 e. The van der Waals surface area contributed by atoms with Gasteiger partial charge in [0.1, 0.15) is 0 Å². The molecule has 4 nitrogen and oxygen atoms in total. The number of carbonyl (C=O) groups is 1. The molecule has 31 heavy (non-hydrogen) atoms. The number of aryl methyl sites for hydroxylation is 1. The van der Waals surface area contributed by atoms with Gasteiger partial charge in [-0.3, -0.25) is 9.88 Å². The zero-order valence-electron chi connectivity index (χ0n) is 17.9. The highest BCUT2D eigenvalue weighted by atomic mass is 16.4. The van der Waals surface area contributed by atoms with Crippen LogP contribution in [0.5, 0.6) is 0 Å². The van der Waals surface area contributed by atoms with Crippen LogP contribution < -0.4 is 0 Å². The highest BCUT2D eigenvalue weighted by Gasteiger charge is 2.28. The van der Waals surface area contributed by atoms with Gasteiger partial charge >= 0.3 is 5.97 Å². The molecule has 0 unspecified atom stereocenters. The van der Waals surface area contributed by atoms with E-state index in [9.17, 15) is 9.90 Å². The van der Waals surface area contributed by atoms with Crippen molar-refractivity contribution in [2.24, 2.45) is 0 Å². The number of carboxylic acids is 1. The molecule has 158 valence electrons. The fourth-order valence-electron chi connectivity index (χ4n) is 5.02. The van der Waals surface area contributed by atoms with E-state index in [0.29, 0.717) is 18.0 Å². The molecule has 1 N–H and O–H groups in total. The fraction of sp³-hybridized carbons (Fsp3) is 0.333. The lowest BCUT2D eigenvalue weighted by Gasteiger charge is -2.35. The van der Waals surface area contributed by atoms with Gasteiger partial charge in [-0.15, -0.1) is 0 Å². The van der Waals surface area contributed by atoms with Crippen LogP contribution in [0.2, 0.25) is 0 Å². The molecule has 2 heterocycles. The monoisotopic (exact) mass is 412 g/mol. The molecule has 1 aliphatic carbocycles. The maximum atomic E-state index is 11.5. The Morgan fingerprint density at radius 3 is 2.77 bits per heavy atom. The largest absolute Gasteiger partial charge is 0.478 e. The smallest absolute Gasteiger partial charge is 0.336 e. The molecule has 2 aromatic carbocycles. The molecule has 0 amide bonds. The molecule has 2 aliphatic rings. The number of benzene rings is 2. The Hall–Kier alpha value is -2.98. The van der Waals surface area contributed by atoms with E-state index >= 15 is 0 Å². The molecule has 5 rings (SSSR count). The first-order valence-corrected chi connectivity index (χ1v) is 11.2. The second kappa shape index (κ2) is 8.27. The van der Waals surface area contributed by atoms with E-state index < -0.39 is 5.97 Å². The van der Waals surface area contributed by atoms with Crippen molar-refractivity contribution in [1.29, 1.82) is 0 Å². The Morgan fingerprint density at radius 1 is 1.13 bits per heavy atom. The summed E-state index contributed by atoms with van der Waals surface area (Å²) in [6.45, 7) is 1.02. The number of hydrogen-bond acceptors (Lipinski definition) is 3. The van der Waals surface area contributed by atoms with Crippen molar-refractivity contribution < 1.29 is 9.90 Å². The zero-order chi connectivity index (χ0) is 21.4. The third-order valence-electron chi connectivity index (χ3n) is 6.88. The molecule has 3 aromatic rings. The molecule has 0 saturated heterocycles. The first kappa shape index (κ1) is 20.0. The Kier molecular flexibility index (Phi) is 5.33. The second-order valence-electron chi connectivity index (χ2n) is 8.90. The first-order valence-electron chi connectivity index (χ1n) is 11.2. The van der Waals surface area contributed by atoms with Crippen LogP contribution in [-0.4, -0.2) is 34.6 Å². The van der Waals surface area contributed by atoms with Crippen LogP contribution in [0.4, 0.5) is 0 Å². The van der Waals surface area contributed by atoms with Crippen molar-refractivity contribution in [3.05, 3.63) is 88.7 Å². The normalized spacial score (nSPS) is 18.5. The summed E-state index contributed by atoms with van der Waals surface area (Å²) >= 11 is 0. The second-order valence-corrected chi connectivity index (χ2v) is 8.90. The number of rotatable bonds is 6. The molecule has 1 aromatic heterocycles. The highest BCUT2D eigenvalue weighted by molar-refractivity contribution is 5.89. The maximum absolute atomic E-state index is 11.5.